The molecule has 17 heavy (non-hydrogen) atoms. The Labute approximate surface area is 100 Å². The van der Waals surface area contributed by atoms with Gasteiger partial charge in [0.25, 0.3) is 5.56 Å². The number of H-pyrrole nitrogens is 1. The molecule has 4 nitrogen and oxygen atoms in total. The fourth-order valence-corrected chi connectivity index (χ4v) is 2.94. The van der Waals surface area contributed by atoms with Gasteiger partial charge < -0.3 is 10.1 Å². The summed E-state index contributed by atoms with van der Waals surface area (Å²) in [6, 6.07) is 0. The minimum absolute atomic E-state index is 0.0254. The van der Waals surface area contributed by atoms with Gasteiger partial charge in [0.1, 0.15) is 5.82 Å². The van der Waals surface area contributed by atoms with Crippen LogP contribution in [0.3, 0.4) is 0 Å². The smallest absolute Gasteiger partial charge is 0.258 e. The number of aromatic hydroxyl groups is 1. The molecule has 4 heteroatoms. The van der Waals surface area contributed by atoms with Gasteiger partial charge in [0, 0.05) is 5.92 Å². The van der Waals surface area contributed by atoms with Crippen LogP contribution in [0.4, 0.5) is 0 Å². The Balaban J connectivity index is 1.96. The largest absolute Gasteiger partial charge is 0.493 e. The molecule has 0 bridgehead atoms. The Kier molecular flexibility index (Phi) is 2.65. The number of nitrogens with one attached hydrogen (secondary N) is 1. The van der Waals surface area contributed by atoms with Gasteiger partial charge in [0.05, 0.1) is 5.56 Å². The van der Waals surface area contributed by atoms with Crippen LogP contribution in [-0.2, 0) is 0 Å². The van der Waals surface area contributed by atoms with Gasteiger partial charge in [-0.1, -0.05) is 19.3 Å². The number of aromatic amines is 1. The van der Waals surface area contributed by atoms with Crippen molar-refractivity contribution in [1.82, 2.24) is 9.97 Å². The molecule has 0 aromatic carbocycles. The molecule has 0 aliphatic heterocycles. The lowest BCUT2D eigenvalue weighted by Crippen LogP contribution is -2.22. The molecular formula is C13H18N2O2. The topological polar surface area (TPSA) is 66.0 Å². The van der Waals surface area contributed by atoms with E-state index in [1.807, 2.05) is 0 Å². The predicted octanol–water partition coefficient (Wildman–Crippen LogP) is 2.40. The van der Waals surface area contributed by atoms with E-state index < -0.39 is 0 Å². The van der Waals surface area contributed by atoms with E-state index in [4.69, 9.17) is 0 Å². The monoisotopic (exact) mass is 234 g/mol. The molecular weight excluding hydrogens is 216 g/mol. The lowest BCUT2D eigenvalue weighted by atomic mass is 9.84. The van der Waals surface area contributed by atoms with E-state index in [0.717, 1.165) is 38.5 Å². The molecule has 2 aliphatic rings. The molecule has 0 amide bonds. The minimum atomic E-state index is -0.119. The summed E-state index contributed by atoms with van der Waals surface area (Å²) in [4.78, 5) is 19.1. The van der Waals surface area contributed by atoms with Crippen LogP contribution in [0.5, 0.6) is 5.88 Å². The van der Waals surface area contributed by atoms with E-state index in [1.54, 1.807) is 0 Å². The zero-order chi connectivity index (χ0) is 11.8. The second-order valence-electron chi connectivity index (χ2n) is 5.30. The van der Waals surface area contributed by atoms with Gasteiger partial charge >= 0.3 is 0 Å². The Bertz CT molecular complexity index is 471. The van der Waals surface area contributed by atoms with Crippen molar-refractivity contribution in [3.05, 3.63) is 21.7 Å². The Morgan fingerprint density at radius 3 is 2.24 bits per heavy atom. The quantitative estimate of drug-likeness (QED) is 0.825. The summed E-state index contributed by atoms with van der Waals surface area (Å²) in [5.74, 6) is 1.22. The highest BCUT2D eigenvalue weighted by Crippen LogP contribution is 2.38. The van der Waals surface area contributed by atoms with Crippen molar-refractivity contribution >= 4 is 0 Å². The Hall–Kier alpha value is -1.32. The molecule has 0 unspecified atom stereocenters. The number of aromatic nitrogens is 2. The minimum Gasteiger partial charge on any atom is -0.493 e. The molecule has 92 valence electrons. The summed E-state index contributed by atoms with van der Waals surface area (Å²) >= 11 is 0. The van der Waals surface area contributed by atoms with Crippen LogP contribution in [0.2, 0.25) is 0 Å². The van der Waals surface area contributed by atoms with Gasteiger partial charge in [-0.3, -0.25) is 4.79 Å². The molecule has 2 fully saturated rings. The maximum absolute atomic E-state index is 12.0. The summed E-state index contributed by atoms with van der Waals surface area (Å²) in [6.07, 6.45) is 7.64. The molecule has 0 saturated heterocycles. The lowest BCUT2D eigenvalue weighted by molar-refractivity contribution is 0.381. The molecule has 1 aromatic rings. The van der Waals surface area contributed by atoms with Crippen LogP contribution in [0.15, 0.2) is 4.79 Å². The summed E-state index contributed by atoms with van der Waals surface area (Å²) in [5.41, 5.74) is 0.400. The second-order valence-corrected chi connectivity index (χ2v) is 5.30. The first-order chi connectivity index (χ1) is 8.25. The van der Waals surface area contributed by atoms with Crippen molar-refractivity contribution in [2.45, 2.75) is 56.8 Å². The molecule has 2 saturated carbocycles. The fraction of sp³-hybridized carbons (Fsp3) is 0.692. The molecule has 0 spiro atoms. The first-order valence-electron chi connectivity index (χ1n) is 6.59. The van der Waals surface area contributed by atoms with Crippen LogP contribution in [0.1, 0.15) is 68.2 Å². The molecule has 0 radical (unpaired) electrons. The van der Waals surface area contributed by atoms with Gasteiger partial charge in [0.2, 0.25) is 5.88 Å². The Morgan fingerprint density at radius 1 is 1.06 bits per heavy atom. The first-order valence-corrected chi connectivity index (χ1v) is 6.59. The lowest BCUT2D eigenvalue weighted by Gasteiger charge is -2.24. The third-order valence-corrected chi connectivity index (χ3v) is 4.21. The van der Waals surface area contributed by atoms with Gasteiger partial charge in [0.15, 0.2) is 0 Å². The summed E-state index contributed by atoms with van der Waals surface area (Å²) in [5, 5.41) is 9.97. The van der Waals surface area contributed by atoms with Crippen LogP contribution in [0.25, 0.3) is 0 Å². The molecule has 2 aliphatic carbocycles. The van der Waals surface area contributed by atoms with Crippen molar-refractivity contribution < 1.29 is 5.11 Å². The standard InChI is InChI=1S/C13H18N2O2/c16-12-10(8-4-1-2-5-8)13(17)15-11(14-12)9-6-3-7-9/h8-9H,1-7H2,(H2,14,15,16,17). The van der Waals surface area contributed by atoms with E-state index >= 15 is 0 Å². The third-order valence-electron chi connectivity index (χ3n) is 4.21. The van der Waals surface area contributed by atoms with Crippen molar-refractivity contribution in [2.24, 2.45) is 0 Å². The highest BCUT2D eigenvalue weighted by molar-refractivity contribution is 5.28. The highest BCUT2D eigenvalue weighted by atomic mass is 16.3. The van der Waals surface area contributed by atoms with Gasteiger partial charge in [-0.05, 0) is 31.6 Å². The van der Waals surface area contributed by atoms with E-state index in [2.05, 4.69) is 9.97 Å². The zero-order valence-electron chi connectivity index (χ0n) is 9.91. The van der Waals surface area contributed by atoms with Crippen molar-refractivity contribution in [3.8, 4) is 5.88 Å². The fourth-order valence-electron chi connectivity index (χ4n) is 2.94. The second kappa shape index (κ2) is 4.17. The van der Waals surface area contributed by atoms with Crippen LogP contribution in [0, 0.1) is 0 Å². The normalized spacial score (nSPS) is 21.6. The molecule has 0 atom stereocenters. The molecule has 1 aromatic heterocycles. The van der Waals surface area contributed by atoms with Crippen LogP contribution in [-0.4, -0.2) is 15.1 Å². The zero-order valence-corrected chi connectivity index (χ0v) is 9.91. The van der Waals surface area contributed by atoms with Gasteiger partial charge in [-0.25, -0.2) is 0 Å². The third kappa shape index (κ3) is 1.85. The SMILES string of the molecule is O=c1[nH]c(C2CCC2)nc(O)c1C1CCCC1. The summed E-state index contributed by atoms with van der Waals surface area (Å²) in [7, 11) is 0. The first kappa shape index (κ1) is 10.8. The number of rotatable bonds is 2. The predicted molar refractivity (Wildman–Crippen MR) is 64.3 cm³/mol. The summed E-state index contributed by atoms with van der Waals surface area (Å²) < 4.78 is 0. The number of hydrogen-bond acceptors (Lipinski definition) is 3. The van der Waals surface area contributed by atoms with E-state index in [-0.39, 0.29) is 17.4 Å². The Morgan fingerprint density at radius 2 is 1.71 bits per heavy atom. The van der Waals surface area contributed by atoms with Crippen molar-refractivity contribution in [1.29, 1.82) is 0 Å². The molecule has 3 rings (SSSR count). The van der Waals surface area contributed by atoms with E-state index in [0.29, 0.717) is 17.3 Å². The molecule has 2 N–H and O–H groups in total. The average molecular weight is 234 g/mol. The van der Waals surface area contributed by atoms with Gasteiger partial charge in [-0.2, -0.15) is 4.98 Å². The van der Waals surface area contributed by atoms with Crippen molar-refractivity contribution in [2.75, 3.05) is 0 Å². The maximum atomic E-state index is 12.0. The van der Waals surface area contributed by atoms with Crippen molar-refractivity contribution in [3.63, 3.8) is 0 Å². The van der Waals surface area contributed by atoms with Gasteiger partial charge in [-0.15, -0.1) is 0 Å². The highest BCUT2D eigenvalue weighted by Gasteiger charge is 2.27. The average Bonchev–Trinajstić information content (AvgIpc) is 2.66. The summed E-state index contributed by atoms with van der Waals surface area (Å²) in [6.45, 7) is 0. The van der Waals surface area contributed by atoms with E-state index in [1.165, 1.54) is 6.42 Å². The number of nitrogens with zero attached hydrogens (tertiary/aromatic N) is 1. The van der Waals surface area contributed by atoms with E-state index in [9.17, 15) is 9.90 Å². The number of hydrogen-bond donors (Lipinski definition) is 2. The van der Waals surface area contributed by atoms with Crippen LogP contribution >= 0.6 is 0 Å². The molecule has 1 heterocycles. The maximum Gasteiger partial charge on any atom is 0.258 e. The van der Waals surface area contributed by atoms with Crippen LogP contribution < -0.4 is 5.56 Å².